The zero-order valence-corrected chi connectivity index (χ0v) is 5.99. The van der Waals surface area contributed by atoms with E-state index in [-0.39, 0.29) is 0 Å². The van der Waals surface area contributed by atoms with E-state index < -0.39 is 0 Å². The van der Waals surface area contributed by atoms with Crippen molar-refractivity contribution in [3.05, 3.63) is 42.0 Å². The lowest BCUT2D eigenvalue weighted by atomic mass is 10.2. The van der Waals surface area contributed by atoms with Gasteiger partial charge in [-0.25, -0.2) is 0 Å². The molecule has 0 saturated carbocycles. The summed E-state index contributed by atoms with van der Waals surface area (Å²) in [6.07, 6.45) is 1.91. The first kappa shape index (κ1) is 6.43. The maximum atomic E-state index is 4.90. The summed E-state index contributed by atoms with van der Waals surface area (Å²) >= 11 is 0. The van der Waals surface area contributed by atoms with Crippen LogP contribution in [0.3, 0.4) is 0 Å². The summed E-state index contributed by atoms with van der Waals surface area (Å²) in [6, 6.07) is 9.89. The quantitative estimate of drug-likeness (QED) is 0.567. The van der Waals surface area contributed by atoms with E-state index >= 15 is 0 Å². The molecule has 2 rings (SSSR count). The van der Waals surface area contributed by atoms with Crippen LogP contribution in [0.5, 0.6) is 0 Å². The molecule has 0 unspecified atom stereocenters. The summed E-state index contributed by atoms with van der Waals surface area (Å²) in [5, 5.41) is 0. The van der Waals surface area contributed by atoms with Crippen molar-refractivity contribution in [2.75, 3.05) is 6.61 Å². The molecule has 2 nitrogen and oxygen atoms in total. The molecule has 0 saturated heterocycles. The van der Waals surface area contributed by atoms with Gasteiger partial charge in [-0.05, 0) is 6.08 Å². The van der Waals surface area contributed by atoms with Crippen LogP contribution in [0.25, 0.3) is 5.76 Å². The molecule has 0 radical (unpaired) electrons. The van der Waals surface area contributed by atoms with Crippen LogP contribution in [0, 0.1) is 0 Å². The van der Waals surface area contributed by atoms with Crippen molar-refractivity contribution in [3.63, 3.8) is 0 Å². The van der Waals surface area contributed by atoms with Gasteiger partial charge >= 0.3 is 0 Å². The van der Waals surface area contributed by atoms with E-state index in [2.05, 4.69) is 0 Å². The Morgan fingerprint density at radius 3 is 2.55 bits per heavy atom. The smallest absolute Gasteiger partial charge is 0.171 e. The van der Waals surface area contributed by atoms with Gasteiger partial charge in [0.1, 0.15) is 6.61 Å². The van der Waals surface area contributed by atoms with Gasteiger partial charge in [-0.15, -0.1) is 0 Å². The first-order valence-electron chi connectivity index (χ1n) is 3.52. The Kier molecular flexibility index (Phi) is 1.61. The normalized spacial score (nSPS) is 15.8. The highest BCUT2D eigenvalue weighted by atomic mass is 17.2. The second-order valence-corrected chi connectivity index (χ2v) is 2.30. The molecule has 1 heterocycles. The Morgan fingerprint density at radius 1 is 1.09 bits per heavy atom. The van der Waals surface area contributed by atoms with Gasteiger partial charge in [0.05, 0.1) is 0 Å². The van der Waals surface area contributed by atoms with E-state index in [9.17, 15) is 0 Å². The van der Waals surface area contributed by atoms with Crippen molar-refractivity contribution in [1.29, 1.82) is 0 Å². The molecule has 1 aliphatic rings. The summed E-state index contributed by atoms with van der Waals surface area (Å²) in [5.41, 5.74) is 1.06. The maximum Gasteiger partial charge on any atom is 0.171 e. The predicted octanol–water partition coefficient (Wildman–Crippen LogP) is 1.99. The SMILES string of the molecule is C1=C(c2ccccc2)OOC1. The van der Waals surface area contributed by atoms with Crippen LogP contribution in [-0.4, -0.2) is 6.61 Å². The third-order valence-corrected chi connectivity index (χ3v) is 1.54. The van der Waals surface area contributed by atoms with E-state index in [0.29, 0.717) is 6.61 Å². The van der Waals surface area contributed by atoms with Gasteiger partial charge < -0.3 is 4.89 Å². The molecule has 0 bridgehead atoms. The fourth-order valence-electron chi connectivity index (χ4n) is 1.01. The second-order valence-electron chi connectivity index (χ2n) is 2.30. The molecular weight excluding hydrogens is 140 g/mol. The van der Waals surface area contributed by atoms with Gasteiger partial charge in [0.2, 0.25) is 0 Å². The Balaban J connectivity index is 2.29. The van der Waals surface area contributed by atoms with E-state index in [1.165, 1.54) is 0 Å². The highest BCUT2D eigenvalue weighted by Crippen LogP contribution is 2.19. The minimum atomic E-state index is 0.546. The maximum absolute atomic E-state index is 4.90. The summed E-state index contributed by atoms with van der Waals surface area (Å²) in [5.74, 6) is 0.811. The van der Waals surface area contributed by atoms with Crippen LogP contribution in [0.4, 0.5) is 0 Å². The molecule has 2 heteroatoms. The van der Waals surface area contributed by atoms with E-state index in [1.54, 1.807) is 0 Å². The molecule has 56 valence electrons. The summed E-state index contributed by atoms with van der Waals surface area (Å²) in [6.45, 7) is 0.546. The Hall–Kier alpha value is -1.28. The molecule has 0 amide bonds. The standard InChI is InChI=1S/C9H8O2/c1-2-4-8(5-3-1)9-6-7-10-11-9/h1-6H,7H2. The molecular formula is C9H8O2. The molecule has 11 heavy (non-hydrogen) atoms. The minimum Gasteiger partial charge on any atom is -0.337 e. The molecule has 1 aliphatic heterocycles. The van der Waals surface area contributed by atoms with Crippen LogP contribution in [0.1, 0.15) is 5.56 Å². The van der Waals surface area contributed by atoms with Gasteiger partial charge in [-0.2, -0.15) is 4.89 Å². The van der Waals surface area contributed by atoms with Gasteiger partial charge in [0.15, 0.2) is 5.76 Å². The third kappa shape index (κ3) is 1.25. The zero-order chi connectivity index (χ0) is 7.52. The molecule has 0 fully saturated rings. The fourth-order valence-corrected chi connectivity index (χ4v) is 1.01. The Morgan fingerprint density at radius 2 is 1.91 bits per heavy atom. The number of hydrogen-bond donors (Lipinski definition) is 0. The summed E-state index contributed by atoms with van der Waals surface area (Å²) in [7, 11) is 0. The molecule has 1 aromatic carbocycles. The number of benzene rings is 1. The average Bonchev–Trinajstić information content (AvgIpc) is 2.58. The van der Waals surface area contributed by atoms with E-state index in [0.717, 1.165) is 11.3 Å². The molecule has 0 spiro atoms. The van der Waals surface area contributed by atoms with Crippen LogP contribution in [-0.2, 0) is 9.78 Å². The van der Waals surface area contributed by atoms with Gasteiger partial charge in [-0.1, -0.05) is 30.3 Å². The fraction of sp³-hybridized carbons (Fsp3) is 0.111. The van der Waals surface area contributed by atoms with Crippen LogP contribution in [0.2, 0.25) is 0 Å². The topological polar surface area (TPSA) is 18.5 Å². The lowest BCUT2D eigenvalue weighted by molar-refractivity contribution is -0.208. The van der Waals surface area contributed by atoms with Gasteiger partial charge in [0.25, 0.3) is 0 Å². The molecule has 0 aliphatic carbocycles. The average molecular weight is 148 g/mol. The predicted molar refractivity (Wildman–Crippen MR) is 41.5 cm³/mol. The first-order valence-corrected chi connectivity index (χ1v) is 3.52. The Labute approximate surface area is 65.0 Å². The van der Waals surface area contributed by atoms with Crippen LogP contribution < -0.4 is 0 Å². The van der Waals surface area contributed by atoms with Crippen LogP contribution in [0.15, 0.2) is 36.4 Å². The molecule has 0 atom stereocenters. The van der Waals surface area contributed by atoms with E-state index in [4.69, 9.17) is 9.78 Å². The summed E-state index contributed by atoms with van der Waals surface area (Å²) < 4.78 is 0. The van der Waals surface area contributed by atoms with Crippen molar-refractivity contribution in [2.45, 2.75) is 0 Å². The highest BCUT2D eigenvalue weighted by molar-refractivity contribution is 5.59. The number of rotatable bonds is 1. The lowest BCUT2D eigenvalue weighted by Gasteiger charge is -1.98. The van der Waals surface area contributed by atoms with Gasteiger partial charge in [0, 0.05) is 5.56 Å². The Bertz CT molecular complexity index is 264. The lowest BCUT2D eigenvalue weighted by Crippen LogP contribution is -1.83. The molecule has 0 N–H and O–H groups in total. The summed E-state index contributed by atoms with van der Waals surface area (Å²) in [4.78, 5) is 9.62. The molecule has 0 aromatic heterocycles. The van der Waals surface area contributed by atoms with E-state index in [1.807, 2.05) is 36.4 Å². The van der Waals surface area contributed by atoms with Crippen molar-refractivity contribution < 1.29 is 9.78 Å². The van der Waals surface area contributed by atoms with Crippen molar-refractivity contribution in [3.8, 4) is 0 Å². The van der Waals surface area contributed by atoms with Gasteiger partial charge in [-0.3, -0.25) is 0 Å². The zero-order valence-electron chi connectivity index (χ0n) is 5.99. The molecule has 1 aromatic rings. The largest absolute Gasteiger partial charge is 0.337 e. The van der Waals surface area contributed by atoms with Crippen molar-refractivity contribution in [1.82, 2.24) is 0 Å². The minimum absolute atomic E-state index is 0.546. The first-order chi connectivity index (χ1) is 5.47. The highest BCUT2D eigenvalue weighted by Gasteiger charge is 2.07. The second kappa shape index (κ2) is 2.76. The monoisotopic (exact) mass is 148 g/mol. The number of hydrogen-bond acceptors (Lipinski definition) is 2. The van der Waals surface area contributed by atoms with Crippen LogP contribution >= 0.6 is 0 Å². The van der Waals surface area contributed by atoms with Crippen molar-refractivity contribution in [2.24, 2.45) is 0 Å². The third-order valence-electron chi connectivity index (χ3n) is 1.54. The van der Waals surface area contributed by atoms with Crippen molar-refractivity contribution >= 4 is 5.76 Å².